The Morgan fingerprint density at radius 3 is 1.11 bits per heavy atom. The summed E-state index contributed by atoms with van der Waals surface area (Å²) in [5, 5.41) is -2.56. The van der Waals surface area contributed by atoms with E-state index < -0.39 is 15.1 Å². The van der Waals surface area contributed by atoms with Gasteiger partial charge in [-0.05, 0) is 25.7 Å². The van der Waals surface area contributed by atoms with Crippen molar-refractivity contribution in [2.75, 3.05) is 0 Å². The van der Waals surface area contributed by atoms with Gasteiger partial charge in [0.1, 0.15) is 10.1 Å². The zero-order valence-electron chi connectivity index (χ0n) is 18.9. The predicted octanol–water partition coefficient (Wildman–Crippen LogP) is 4.65. The Bertz CT molecular complexity index is 431. The van der Waals surface area contributed by atoms with Crippen LogP contribution in [0.3, 0.4) is 0 Å². The third kappa shape index (κ3) is 16.6. The molecule has 0 rings (SSSR count). The van der Waals surface area contributed by atoms with Crippen LogP contribution in [0.5, 0.6) is 0 Å². The summed E-state index contributed by atoms with van der Waals surface area (Å²) >= 11 is 0. The third-order valence-electron chi connectivity index (χ3n) is 5.51. The average molecular weight is 431 g/mol. The van der Waals surface area contributed by atoms with E-state index in [1.165, 1.54) is 57.8 Å². The molecule has 164 valence electrons. The first-order chi connectivity index (χ1) is 12.9. The fourth-order valence-corrected chi connectivity index (χ4v) is 4.39. The molecule has 0 N–H and O–H groups in total. The first kappa shape index (κ1) is 31.0. The van der Waals surface area contributed by atoms with Gasteiger partial charge in [-0.25, -0.2) is 12.8 Å². The van der Waals surface area contributed by atoms with E-state index in [4.69, 9.17) is 0 Å². The van der Waals surface area contributed by atoms with Crippen molar-refractivity contribution in [2.45, 2.75) is 141 Å². The molecule has 28 heavy (non-hydrogen) atoms. The Balaban J connectivity index is 0. The molecule has 0 aliphatic carbocycles. The van der Waals surface area contributed by atoms with Gasteiger partial charge in [0.05, 0.1) is 0 Å². The summed E-state index contributed by atoms with van der Waals surface area (Å²) in [4.78, 5) is 0. The first-order valence-electron chi connectivity index (χ1n) is 11.5. The molecule has 0 aromatic heterocycles. The van der Waals surface area contributed by atoms with Crippen molar-refractivity contribution < 1.29 is 46.9 Å². The molecule has 1 unspecified atom stereocenters. The summed E-state index contributed by atoms with van der Waals surface area (Å²) < 4.78 is 49.0. The first-order valence-corrected chi connectivity index (χ1v) is 12.9. The van der Waals surface area contributed by atoms with Crippen molar-refractivity contribution in [3.8, 4) is 0 Å². The van der Waals surface area contributed by atoms with Crippen LogP contribution in [0.15, 0.2) is 0 Å². The van der Waals surface area contributed by atoms with Gasteiger partial charge in [-0.3, -0.25) is 0 Å². The van der Waals surface area contributed by atoms with Crippen molar-refractivity contribution in [2.24, 2.45) is 0 Å². The van der Waals surface area contributed by atoms with Gasteiger partial charge in [-0.1, -0.05) is 110 Å². The van der Waals surface area contributed by atoms with Gasteiger partial charge < -0.3 is 4.55 Å². The van der Waals surface area contributed by atoms with Gasteiger partial charge in [0.25, 0.3) is 0 Å². The smallest absolute Gasteiger partial charge is 0.745 e. The zero-order valence-corrected chi connectivity index (χ0v) is 21.8. The van der Waals surface area contributed by atoms with Gasteiger partial charge in [0.2, 0.25) is 0 Å². The minimum Gasteiger partial charge on any atom is -0.745 e. The van der Waals surface area contributed by atoms with Crippen molar-refractivity contribution >= 4 is 10.1 Å². The van der Waals surface area contributed by atoms with E-state index in [9.17, 15) is 17.4 Å². The van der Waals surface area contributed by atoms with Crippen molar-refractivity contribution in [1.82, 2.24) is 0 Å². The van der Waals surface area contributed by atoms with Crippen LogP contribution in [0.4, 0.5) is 4.39 Å². The van der Waals surface area contributed by atoms with E-state index in [1.54, 1.807) is 0 Å². The molecule has 0 spiro atoms. The van der Waals surface area contributed by atoms with Crippen LogP contribution in [-0.2, 0) is 10.1 Å². The molecule has 0 aromatic rings. The van der Waals surface area contributed by atoms with E-state index >= 15 is 0 Å². The number of rotatable bonds is 20. The topological polar surface area (TPSA) is 57.2 Å². The summed E-state index contributed by atoms with van der Waals surface area (Å²) in [5.74, 6) is 0. The fourth-order valence-electron chi connectivity index (χ4n) is 3.60. The molecular formula is C22H44FNaO3S. The molecule has 1 atom stereocenters. The molecular weight excluding hydrogens is 386 g/mol. The summed E-state index contributed by atoms with van der Waals surface area (Å²) in [6.45, 7) is 4.37. The maximum atomic E-state index is 14.8. The number of unbranched alkanes of at least 4 members (excludes halogenated alkanes) is 15. The third-order valence-corrected chi connectivity index (χ3v) is 6.81. The molecule has 0 radical (unpaired) electrons. The summed E-state index contributed by atoms with van der Waals surface area (Å²) in [6.07, 6.45) is 17.7. The van der Waals surface area contributed by atoms with Crippen molar-refractivity contribution in [1.29, 1.82) is 0 Å². The SMILES string of the molecule is CCCCCCCCCCCCC(F)(CCCCCCCCC)S(=O)(=O)[O-].[Na+]. The number of alkyl halides is 1. The van der Waals surface area contributed by atoms with Crippen LogP contribution in [0.25, 0.3) is 0 Å². The van der Waals surface area contributed by atoms with Gasteiger partial charge in [0.15, 0.2) is 5.00 Å². The van der Waals surface area contributed by atoms with E-state index in [-0.39, 0.29) is 42.4 Å². The second kappa shape index (κ2) is 19.8. The second-order valence-electron chi connectivity index (χ2n) is 8.14. The quantitative estimate of drug-likeness (QED) is 0.160. The van der Waals surface area contributed by atoms with E-state index in [0.717, 1.165) is 38.5 Å². The predicted molar refractivity (Wildman–Crippen MR) is 113 cm³/mol. The normalized spacial score (nSPS) is 13.9. The van der Waals surface area contributed by atoms with E-state index in [0.29, 0.717) is 12.8 Å². The van der Waals surface area contributed by atoms with Crippen molar-refractivity contribution in [3.63, 3.8) is 0 Å². The molecule has 0 aliphatic rings. The minimum absolute atomic E-state index is 0. The largest absolute Gasteiger partial charge is 1.00 e. The molecule has 0 heterocycles. The van der Waals surface area contributed by atoms with Gasteiger partial charge in [0, 0.05) is 0 Å². The maximum absolute atomic E-state index is 14.8. The van der Waals surface area contributed by atoms with Crippen LogP contribution in [0, 0.1) is 0 Å². The number of hydrogen-bond donors (Lipinski definition) is 0. The van der Waals surface area contributed by atoms with Crippen LogP contribution in [-0.4, -0.2) is 18.0 Å². The summed E-state index contributed by atoms with van der Waals surface area (Å²) in [6, 6.07) is 0. The van der Waals surface area contributed by atoms with E-state index in [2.05, 4.69) is 13.8 Å². The minimum atomic E-state index is -4.89. The molecule has 0 aliphatic heterocycles. The van der Waals surface area contributed by atoms with Crippen LogP contribution in [0.2, 0.25) is 0 Å². The average Bonchev–Trinajstić information content (AvgIpc) is 2.61. The van der Waals surface area contributed by atoms with Crippen molar-refractivity contribution in [3.05, 3.63) is 0 Å². The van der Waals surface area contributed by atoms with Gasteiger partial charge >= 0.3 is 29.6 Å². The molecule has 0 amide bonds. The monoisotopic (exact) mass is 430 g/mol. The Kier molecular flexibility index (Phi) is 21.9. The molecule has 0 saturated heterocycles. The molecule has 3 nitrogen and oxygen atoms in total. The second-order valence-corrected chi connectivity index (χ2v) is 9.78. The fraction of sp³-hybridized carbons (Fsp3) is 1.00. The van der Waals surface area contributed by atoms with Crippen LogP contribution >= 0.6 is 0 Å². The molecule has 0 fully saturated rings. The summed E-state index contributed by atoms with van der Waals surface area (Å²) in [5.41, 5.74) is 0. The zero-order chi connectivity index (χ0) is 20.4. The standard InChI is InChI=1S/C22H45FO3S.Na/c1-3-5-7-9-11-12-13-15-17-19-21-22(23,27(24,25)26)20-18-16-14-10-8-6-4-2;/h3-21H2,1-2H3,(H,24,25,26);/q;+1/p-1. The molecule has 0 aromatic carbocycles. The van der Waals surface area contributed by atoms with Gasteiger partial charge in [-0.2, -0.15) is 0 Å². The Labute approximate surface area is 197 Å². The Morgan fingerprint density at radius 2 is 0.857 bits per heavy atom. The molecule has 0 saturated carbocycles. The molecule has 6 heteroatoms. The summed E-state index contributed by atoms with van der Waals surface area (Å²) in [7, 11) is -4.89. The van der Waals surface area contributed by atoms with E-state index in [1.807, 2.05) is 0 Å². The van der Waals surface area contributed by atoms with Crippen LogP contribution < -0.4 is 29.6 Å². The van der Waals surface area contributed by atoms with Gasteiger partial charge in [-0.15, -0.1) is 0 Å². The maximum Gasteiger partial charge on any atom is 1.00 e. The number of hydrogen-bond acceptors (Lipinski definition) is 3. The Hall–Kier alpha value is 0.840. The number of halogens is 1. The Morgan fingerprint density at radius 1 is 0.607 bits per heavy atom. The van der Waals surface area contributed by atoms with Crippen LogP contribution in [0.1, 0.15) is 136 Å². The molecule has 0 bridgehead atoms.